The van der Waals surface area contributed by atoms with E-state index in [2.05, 4.69) is 0 Å². The number of hydrogen-bond donors (Lipinski definition) is 0. The van der Waals surface area contributed by atoms with E-state index in [0.717, 1.165) is 44.1 Å². The summed E-state index contributed by atoms with van der Waals surface area (Å²) >= 11 is 0. The number of ether oxygens (including phenoxy) is 2. The average molecular weight is 329 g/mol. The predicted octanol–water partition coefficient (Wildman–Crippen LogP) is 3.42. The lowest BCUT2D eigenvalue weighted by molar-refractivity contribution is -0.147. The Balaban J connectivity index is 1.40. The molecule has 1 amide bonds. The van der Waals surface area contributed by atoms with Crippen molar-refractivity contribution < 1.29 is 19.1 Å². The summed E-state index contributed by atoms with van der Waals surface area (Å²) in [7, 11) is 0. The quantitative estimate of drug-likeness (QED) is 0.794. The van der Waals surface area contributed by atoms with Crippen molar-refractivity contribution in [2.45, 2.75) is 69.2 Å². The molecule has 0 radical (unpaired) electrons. The number of piperidine rings is 1. The van der Waals surface area contributed by atoms with E-state index in [1.807, 2.05) is 35.2 Å². The minimum absolute atomic E-state index is 0.0214. The lowest BCUT2D eigenvalue weighted by Crippen LogP contribution is -2.56. The summed E-state index contributed by atoms with van der Waals surface area (Å²) in [4.78, 5) is 26.5. The molecule has 1 aliphatic carbocycles. The van der Waals surface area contributed by atoms with Crippen LogP contribution in [0.3, 0.4) is 0 Å². The number of esters is 1. The maximum Gasteiger partial charge on any atom is 0.410 e. The average Bonchev–Trinajstić information content (AvgIpc) is 3.08. The lowest BCUT2D eigenvalue weighted by atomic mass is 9.81. The summed E-state index contributed by atoms with van der Waals surface area (Å²) in [5.74, 6) is -0.241. The monoisotopic (exact) mass is 329 g/mol. The molecule has 2 heterocycles. The number of nitrogens with zero attached hydrogens (tertiary/aromatic N) is 1. The molecule has 2 aliphatic heterocycles. The smallest absolute Gasteiger partial charge is 0.410 e. The molecule has 0 N–H and O–H groups in total. The number of hydrogen-bond acceptors (Lipinski definition) is 4. The van der Waals surface area contributed by atoms with Gasteiger partial charge in [-0.3, -0.25) is 9.69 Å². The molecule has 3 aliphatic rings. The summed E-state index contributed by atoms with van der Waals surface area (Å²) in [6.45, 7) is 0.282. The van der Waals surface area contributed by atoms with Crippen LogP contribution in [-0.2, 0) is 20.9 Å². The van der Waals surface area contributed by atoms with Crippen molar-refractivity contribution >= 4 is 12.1 Å². The number of benzene rings is 1. The molecule has 3 fully saturated rings. The van der Waals surface area contributed by atoms with Crippen molar-refractivity contribution in [1.82, 2.24) is 4.90 Å². The Bertz CT molecular complexity index is 632. The van der Waals surface area contributed by atoms with E-state index in [1.165, 1.54) is 0 Å². The van der Waals surface area contributed by atoms with Gasteiger partial charge in [-0.2, -0.15) is 0 Å². The molecule has 128 valence electrons. The molecule has 2 saturated heterocycles. The Morgan fingerprint density at radius 2 is 1.96 bits per heavy atom. The maximum atomic E-state index is 12.3. The first-order valence-corrected chi connectivity index (χ1v) is 8.88. The van der Waals surface area contributed by atoms with Gasteiger partial charge >= 0.3 is 12.1 Å². The number of rotatable bonds is 4. The molecular weight excluding hydrogens is 306 g/mol. The van der Waals surface area contributed by atoms with Gasteiger partial charge in [-0.25, -0.2) is 4.79 Å². The van der Waals surface area contributed by atoms with Crippen LogP contribution in [0.5, 0.6) is 0 Å². The fourth-order valence-corrected chi connectivity index (χ4v) is 4.70. The minimum atomic E-state index is -0.241. The second-order valence-corrected chi connectivity index (χ2v) is 7.13. The third-order valence-corrected chi connectivity index (χ3v) is 5.75. The Labute approximate surface area is 141 Å². The first-order valence-electron chi connectivity index (χ1n) is 8.88. The van der Waals surface area contributed by atoms with Crippen LogP contribution in [0.25, 0.3) is 0 Å². The van der Waals surface area contributed by atoms with Crippen molar-refractivity contribution in [3.63, 3.8) is 0 Å². The van der Waals surface area contributed by atoms with Crippen molar-refractivity contribution in [2.24, 2.45) is 0 Å². The van der Waals surface area contributed by atoms with E-state index in [9.17, 15) is 9.59 Å². The third kappa shape index (κ3) is 2.56. The van der Waals surface area contributed by atoms with Gasteiger partial charge in [0.1, 0.15) is 12.7 Å². The molecule has 1 saturated carbocycles. The van der Waals surface area contributed by atoms with Crippen LogP contribution < -0.4 is 0 Å². The molecule has 1 unspecified atom stereocenters. The molecule has 0 aromatic heterocycles. The standard InChI is InChI=1S/C19H23NO4/c21-17(23-13-14-6-2-1-3-7-14)12-15-8-4-10-19-11-5-9-16(19)24-18(22)20(15)19/h1-3,6-7,15-16H,4-5,8-13H2/t15?,16-,19+/m0/s1. The normalized spacial score (nSPS) is 31.3. The molecule has 4 rings (SSSR count). The van der Waals surface area contributed by atoms with Crippen molar-refractivity contribution in [3.8, 4) is 0 Å². The Morgan fingerprint density at radius 3 is 2.75 bits per heavy atom. The Hall–Kier alpha value is -2.04. The maximum absolute atomic E-state index is 12.3. The topological polar surface area (TPSA) is 55.8 Å². The van der Waals surface area contributed by atoms with Gasteiger partial charge in [0.05, 0.1) is 12.0 Å². The highest BCUT2D eigenvalue weighted by atomic mass is 16.6. The number of carbonyl (C=O) groups is 2. The van der Waals surface area contributed by atoms with E-state index in [1.54, 1.807) is 0 Å². The second-order valence-electron chi connectivity index (χ2n) is 7.13. The zero-order valence-corrected chi connectivity index (χ0v) is 13.8. The minimum Gasteiger partial charge on any atom is -0.461 e. The summed E-state index contributed by atoms with van der Waals surface area (Å²) < 4.78 is 11.0. The van der Waals surface area contributed by atoms with Crippen molar-refractivity contribution in [1.29, 1.82) is 0 Å². The molecule has 5 heteroatoms. The van der Waals surface area contributed by atoms with Crippen LogP contribution >= 0.6 is 0 Å². The highest BCUT2D eigenvalue weighted by Crippen LogP contribution is 2.50. The predicted molar refractivity (Wildman–Crippen MR) is 87.2 cm³/mol. The van der Waals surface area contributed by atoms with Gasteiger partial charge in [0.2, 0.25) is 0 Å². The lowest BCUT2D eigenvalue weighted by Gasteiger charge is -2.44. The third-order valence-electron chi connectivity index (χ3n) is 5.75. The van der Waals surface area contributed by atoms with Crippen LogP contribution in [0.15, 0.2) is 30.3 Å². The fourth-order valence-electron chi connectivity index (χ4n) is 4.70. The fraction of sp³-hybridized carbons (Fsp3) is 0.579. The van der Waals surface area contributed by atoms with Crippen LogP contribution in [0.1, 0.15) is 50.5 Å². The molecule has 0 bridgehead atoms. The zero-order valence-electron chi connectivity index (χ0n) is 13.8. The highest BCUT2D eigenvalue weighted by Gasteiger charge is 2.60. The van der Waals surface area contributed by atoms with Gasteiger partial charge in [0.25, 0.3) is 0 Å². The first kappa shape index (κ1) is 15.5. The Kier molecular flexibility index (Phi) is 3.94. The zero-order chi connectivity index (χ0) is 16.6. The first-order chi connectivity index (χ1) is 11.7. The SMILES string of the molecule is O=C(CC1CCC[C@@]23CCC[C@@H]2OC(=O)N13)OCc1ccccc1. The van der Waals surface area contributed by atoms with Gasteiger partial charge in [0.15, 0.2) is 0 Å². The molecule has 1 aromatic rings. The molecule has 3 atom stereocenters. The number of carbonyl (C=O) groups excluding carboxylic acids is 2. The van der Waals surface area contributed by atoms with Gasteiger partial charge in [0, 0.05) is 6.04 Å². The molecular formula is C19H23NO4. The van der Waals surface area contributed by atoms with Gasteiger partial charge in [-0.1, -0.05) is 30.3 Å². The molecule has 24 heavy (non-hydrogen) atoms. The number of amides is 1. The van der Waals surface area contributed by atoms with Gasteiger partial charge < -0.3 is 9.47 Å². The van der Waals surface area contributed by atoms with Gasteiger partial charge in [-0.05, 0) is 44.1 Å². The van der Waals surface area contributed by atoms with Crippen molar-refractivity contribution in [3.05, 3.63) is 35.9 Å². The van der Waals surface area contributed by atoms with E-state index >= 15 is 0 Å². The van der Waals surface area contributed by atoms with E-state index in [0.29, 0.717) is 0 Å². The molecule has 1 aromatic carbocycles. The summed E-state index contributed by atoms with van der Waals surface area (Å²) in [6.07, 6.45) is 5.99. The van der Waals surface area contributed by atoms with Crippen molar-refractivity contribution in [2.75, 3.05) is 0 Å². The Morgan fingerprint density at radius 1 is 1.21 bits per heavy atom. The van der Waals surface area contributed by atoms with Gasteiger partial charge in [-0.15, -0.1) is 0 Å². The van der Waals surface area contributed by atoms with E-state index in [4.69, 9.17) is 9.47 Å². The van der Waals surface area contributed by atoms with Crippen LogP contribution in [-0.4, -0.2) is 34.6 Å². The largest absolute Gasteiger partial charge is 0.461 e. The molecule has 5 nitrogen and oxygen atoms in total. The molecule has 1 spiro atoms. The summed E-state index contributed by atoms with van der Waals surface area (Å²) in [5.41, 5.74) is 0.821. The van der Waals surface area contributed by atoms with E-state index in [-0.39, 0.29) is 42.8 Å². The van der Waals surface area contributed by atoms with Crippen LogP contribution in [0.2, 0.25) is 0 Å². The highest BCUT2D eigenvalue weighted by molar-refractivity contribution is 5.75. The van der Waals surface area contributed by atoms with Crippen LogP contribution in [0, 0.1) is 0 Å². The van der Waals surface area contributed by atoms with E-state index < -0.39 is 0 Å². The van der Waals surface area contributed by atoms with Crippen LogP contribution in [0.4, 0.5) is 4.79 Å². The summed E-state index contributed by atoms with van der Waals surface area (Å²) in [5, 5.41) is 0. The summed E-state index contributed by atoms with van der Waals surface area (Å²) in [6, 6.07) is 9.57. The second kappa shape index (κ2) is 6.11.